The molecular weight excluding hydrogens is 318 g/mol. The Kier molecular flexibility index (Phi) is 4.38. The number of hydrogen-bond donors (Lipinski definition) is 1. The van der Waals surface area contributed by atoms with Crippen LogP contribution in [0.3, 0.4) is 0 Å². The third-order valence-corrected chi connectivity index (χ3v) is 4.32. The van der Waals surface area contributed by atoms with Crippen molar-refractivity contribution >= 4 is 10.9 Å². The predicted molar refractivity (Wildman–Crippen MR) is 94.6 cm³/mol. The second-order valence-corrected chi connectivity index (χ2v) is 6.30. The summed E-state index contributed by atoms with van der Waals surface area (Å²) in [5, 5.41) is 8.56. The Balaban J connectivity index is 1.81. The van der Waals surface area contributed by atoms with Gasteiger partial charge in [-0.15, -0.1) is 0 Å². The molecule has 1 aliphatic rings. The van der Waals surface area contributed by atoms with Gasteiger partial charge in [0.05, 0.1) is 31.4 Å². The van der Waals surface area contributed by atoms with Crippen LogP contribution in [0.1, 0.15) is 25.5 Å². The summed E-state index contributed by atoms with van der Waals surface area (Å²) in [5.74, 6) is 0.801. The Morgan fingerprint density at radius 2 is 2.04 bits per heavy atom. The summed E-state index contributed by atoms with van der Waals surface area (Å²) in [6.45, 7) is 5.59. The SMILES string of the molecule is C[C@@H]1COCCO[C@H](C)c2cncc(c2)-c2n[nH]c3ccc(cc23)O1. The Morgan fingerprint density at radius 3 is 2.96 bits per heavy atom. The molecule has 0 aliphatic carbocycles. The minimum Gasteiger partial charge on any atom is -0.488 e. The lowest BCUT2D eigenvalue weighted by atomic mass is 10.1. The van der Waals surface area contributed by atoms with Gasteiger partial charge < -0.3 is 14.2 Å². The smallest absolute Gasteiger partial charge is 0.120 e. The molecule has 4 bridgehead atoms. The van der Waals surface area contributed by atoms with Crippen LogP contribution in [0, 0.1) is 0 Å². The molecule has 3 heterocycles. The van der Waals surface area contributed by atoms with E-state index in [1.165, 1.54) is 0 Å². The van der Waals surface area contributed by atoms with Crippen LogP contribution >= 0.6 is 0 Å². The van der Waals surface area contributed by atoms with Crippen LogP contribution in [0.4, 0.5) is 0 Å². The van der Waals surface area contributed by atoms with Crippen LogP contribution in [0.15, 0.2) is 36.7 Å². The van der Waals surface area contributed by atoms with E-state index >= 15 is 0 Å². The second-order valence-electron chi connectivity index (χ2n) is 6.30. The van der Waals surface area contributed by atoms with Gasteiger partial charge in [-0.1, -0.05) is 0 Å². The number of pyridine rings is 1. The molecule has 0 amide bonds. The summed E-state index contributed by atoms with van der Waals surface area (Å²) in [6, 6.07) is 8.01. The molecule has 0 saturated carbocycles. The van der Waals surface area contributed by atoms with Crippen LogP contribution in [0.2, 0.25) is 0 Å². The van der Waals surface area contributed by atoms with E-state index in [4.69, 9.17) is 14.2 Å². The maximum atomic E-state index is 5.97. The van der Waals surface area contributed by atoms with Gasteiger partial charge in [0.15, 0.2) is 0 Å². The number of aromatic amines is 1. The van der Waals surface area contributed by atoms with Gasteiger partial charge in [0.2, 0.25) is 0 Å². The van der Waals surface area contributed by atoms with Crippen LogP contribution in [-0.4, -0.2) is 41.1 Å². The number of ether oxygens (including phenoxy) is 3. The summed E-state index contributed by atoms with van der Waals surface area (Å²) >= 11 is 0. The van der Waals surface area contributed by atoms with Gasteiger partial charge in [-0.25, -0.2) is 0 Å². The summed E-state index contributed by atoms with van der Waals surface area (Å²) in [5.41, 5.74) is 3.80. The van der Waals surface area contributed by atoms with E-state index in [1.54, 1.807) is 0 Å². The number of H-pyrrole nitrogens is 1. The van der Waals surface area contributed by atoms with Crippen molar-refractivity contribution in [3.8, 4) is 17.0 Å². The van der Waals surface area contributed by atoms with E-state index in [9.17, 15) is 0 Å². The van der Waals surface area contributed by atoms with Crippen molar-refractivity contribution in [3.63, 3.8) is 0 Å². The van der Waals surface area contributed by atoms with Gasteiger partial charge in [0, 0.05) is 23.3 Å². The molecule has 6 heteroatoms. The minimum absolute atomic E-state index is 0.0435. The normalized spacial score (nSPS) is 21.5. The van der Waals surface area contributed by atoms with Crippen molar-refractivity contribution in [2.75, 3.05) is 19.8 Å². The first kappa shape index (κ1) is 16.1. The first-order chi connectivity index (χ1) is 12.2. The molecule has 0 radical (unpaired) electrons. The monoisotopic (exact) mass is 339 g/mol. The van der Waals surface area contributed by atoms with E-state index in [0.29, 0.717) is 19.8 Å². The first-order valence-corrected chi connectivity index (χ1v) is 8.50. The average Bonchev–Trinajstić information content (AvgIpc) is 3.04. The van der Waals surface area contributed by atoms with Gasteiger partial charge in [-0.3, -0.25) is 10.1 Å². The minimum atomic E-state index is -0.0596. The van der Waals surface area contributed by atoms with Gasteiger partial charge >= 0.3 is 0 Å². The largest absolute Gasteiger partial charge is 0.488 e. The first-order valence-electron chi connectivity index (χ1n) is 8.50. The van der Waals surface area contributed by atoms with Crippen molar-refractivity contribution in [2.45, 2.75) is 26.1 Å². The van der Waals surface area contributed by atoms with Crippen molar-refractivity contribution in [2.24, 2.45) is 0 Å². The van der Waals surface area contributed by atoms with Gasteiger partial charge in [0.25, 0.3) is 0 Å². The van der Waals surface area contributed by atoms with E-state index in [2.05, 4.69) is 21.2 Å². The lowest BCUT2D eigenvalue weighted by molar-refractivity contribution is -0.00706. The third-order valence-electron chi connectivity index (χ3n) is 4.32. The third kappa shape index (κ3) is 3.36. The standard InChI is InChI=1S/C19H21N3O3/c1-12-11-23-5-6-24-13(2)14-7-15(10-20-9-14)19-17-8-16(25-12)3-4-18(17)21-22-19/h3-4,7-10,12-13H,5-6,11H2,1-2H3,(H,21,22)/t12-,13-/m1/s1. The lowest BCUT2D eigenvalue weighted by Gasteiger charge is -2.16. The molecule has 1 aliphatic heterocycles. The highest BCUT2D eigenvalue weighted by Crippen LogP contribution is 2.31. The fourth-order valence-electron chi connectivity index (χ4n) is 2.99. The molecule has 0 unspecified atom stereocenters. The van der Waals surface area contributed by atoms with E-state index in [-0.39, 0.29) is 12.2 Å². The Hall–Kier alpha value is -2.44. The Morgan fingerprint density at radius 1 is 1.12 bits per heavy atom. The molecule has 0 fully saturated rings. The number of hydrogen-bond acceptors (Lipinski definition) is 5. The molecule has 2 atom stereocenters. The lowest BCUT2D eigenvalue weighted by Crippen LogP contribution is -2.20. The van der Waals surface area contributed by atoms with Crippen molar-refractivity contribution in [1.82, 2.24) is 15.2 Å². The molecule has 3 aromatic rings. The molecular formula is C19H21N3O3. The van der Waals surface area contributed by atoms with Gasteiger partial charge in [-0.05, 0) is 43.7 Å². The highest BCUT2D eigenvalue weighted by atomic mass is 16.6. The second kappa shape index (κ2) is 6.82. The highest BCUT2D eigenvalue weighted by molar-refractivity contribution is 5.93. The zero-order chi connectivity index (χ0) is 17.2. The van der Waals surface area contributed by atoms with Crippen LogP contribution < -0.4 is 4.74 Å². The molecule has 2 aromatic heterocycles. The van der Waals surface area contributed by atoms with E-state index in [1.807, 2.05) is 44.4 Å². The zero-order valence-electron chi connectivity index (χ0n) is 14.4. The summed E-state index contributed by atoms with van der Waals surface area (Å²) < 4.78 is 17.5. The van der Waals surface area contributed by atoms with Crippen LogP contribution in [-0.2, 0) is 9.47 Å². The molecule has 130 valence electrons. The van der Waals surface area contributed by atoms with E-state index in [0.717, 1.165) is 33.5 Å². The topological polar surface area (TPSA) is 69.3 Å². The number of nitrogens with zero attached hydrogens (tertiary/aromatic N) is 2. The van der Waals surface area contributed by atoms with Crippen LogP contribution in [0.25, 0.3) is 22.2 Å². The van der Waals surface area contributed by atoms with Crippen LogP contribution in [0.5, 0.6) is 5.75 Å². The summed E-state index contributed by atoms with van der Waals surface area (Å²) in [4.78, 5) is 4.37. The molecule has 6 nitrogen and oxygen atoms in total. The average molecular weight is 339 g/mol. The predicted octanol–water partition coefficient (Wildman–Crippen LogP) is 3.50. The zero-order valence-corrected chi connectivity index (χ0v) is 14.4. The molecule has 0 saturated heterocycles. The number of fused-ring (bicyclic) bond motifs is 4. The molecule has 1 N–H and O–H groups in total. The number of nitrogens with one attached hydrogen (secondary N) is 1. The maximum absolute atomic E-state index is 5.97. The summed E-state index contributed by atoms with van der Waals surface area (Å²) in [6.07, 6.45) is 3.55. The molecule has 0 spiro atoms. The van der Waals surface area contributed by atoms with E-state index < -0.39 is 0 Å². The highest BCUT2D eigenvalue weighted by Gasteiger charge is 2.14. The quantitative estimate of drug-likeness (QED) is 0.679. The fraction of sp³-hybridized carbons (Fsp3) is 0.368. The van der Waals surface area contributed by atoms with Gasteiger partial charge in [0.1, 0.15) is 17.5 Å². The van der Waals surface area contributed by atoms with Gasteiger partial charge in [-0.2, -0.15) is 5.10 Å². The molecule has 4 rings (SSSR count). The Labute approximate surface area is 146 Å². The Bertz CT molecular complexity index is 877. The maximum Gasteiger partial charge on any atom is 0.120 e. The summed E-state index contributed by atoms with van der Waals surface area (Å²) in [7, 11) is 0. The van der Waals surface area contributed by atoms with Crippen molar-refractivity contribution < 1.29 is 14.2 Å². The molecule has 1 aromatic carbocycles. The fourth-order valence-corrected chi connectivity index (χ4v) is 2.99. The van der Waals surface area contributed by atoms with Crippen molar-refractivity contribution in [3.05, 3.63) is 42.2 Å². The molecule has 25 heavy (non-hydrogen) atoms. The number of benzene rings is 1. The number of rotatable bonds is 0. The number of aromatic nitrogens is 3. The van der Waals surface area contributed by atoms with Crippen molar-refractivity contribution in [1.29, 1.82) is 0 Å².